The van der Waals surface area contributed by atoms with Crippen molar-refractivity contribution in [1.29, 1.82) is 0 Å². The van der Waals surface area contributed by atoms with Gasteiger partial charge < -0.3 is 10.5 Å². The van der Waals surface area contributed by atoms with Gasteiger partial charge in [-0.25, -0.2) is 0 Å². The van der Waals surface area contributed by atoms with Crippen LogP contribution in [0.25, 0.3) is 5.59 Å². The molecule has 0 spiro atoms. The van der Waals surface area contributed by atoms with Crippen LogP contribution in [-0.4, -0.2) is 12.3 Å². The molecule has 0 fully saturated rings. The minimum atomic E-state index is -1.75. The maximum absolute atomic E-state index is 7.25. The van der Waals surface area contributed by atoms with Crippen LogP contribution in [-0.2, 0) is 13.0 Å². The van der Waals surface area contributed by atoms with Crippen LogP contribution in [0.15, 0.2) is 121 Å². The van der Waals surface area contributed by atoms with E-state index in [0.29, 0.717) is 0 Å². The molecule has 0 aliphatic carbocycles. The average Bonchev–Trinajstić information content (AvgIpc) is 2.93. The first kappa shape index (κ1) is 31.1. The molecule has 0 unspecified atom stereocenters. The minimum Gasteiger partial charge on any atom is -0.577 e. The summed E-state index contributed by atoms with van der Waals surface area (Å²) in [5, 5.41) is 6.13. The van der Waals surface area contributed by atoms with Crippen LogP contribution in [0, 0.1) is 4.91 Å². The first-order valence-corrected chi connectivity index (χ1v) is 21.6. The van der Waals surface area contributed by atoms with Crippen LogP contribution in [0.5, 0.6) is 0 Å². The number of hydrogen-bond acceptors (Lipinski definition) is 1. The van der Waals surface area contributed by atoms with Crippen molar-refractivity contribution in [2.45, 2.75) is 12.8 Å². The van der Waals surface area contributed by atoms with Crippen molar-refractivity contribution in [3.63, 3.8) is 0 Å². The number of halogens is 3. The van der Waals surface area contributed by atoms with Gasteiger partial charge in [0, 0.05) is 0 Å². The molecule has 0 aliphatic rings. The van der Waals surface area contributed by atoms with E-state index in [1.807, 2.05) is 0 Å². The summed E-state index contributed by atoms with van der Waals surface area (Å²) in [6, 6.07) is 44.6. The van der Waals surface area contributed by atoms with Gasteiger partial charge in [-0.05, 0) is 61.4 Å². The standard InChI is InChI=1S/C28H28P2.3ClH.NO.Ru/c1-5-15-25(16-6-1)29(26-17-7-2-8-18-26)23-13-14-24-30(27-19-9-3-10-20-27)28-21-11-4-12-22-28;;;;1-2;/h1-12,15-22H,13-14,23-24H2;3*1H;;/q;;;;-1;+3/p-1. The summed E-state index contributed by atoms with van der Waals surface area (Å²) in [5.74, 6) is 0. The average molecular weight is 666 g/mol. The summed E-state index contributed by atoms with van der Waals surface area (Å²) >= 11 is -1.75. The molecule has 0 radical (unpaired) electrons. The third kappa shape index (κ3) is 11.5. The summed E-state index contributed by atoms with van der Waals surface area (Å²) in [6.45, 7) is 0. The summed E-state index contributed by atoms with van der Waals surface area (Å²) in [6.07, 6.45) is 5.20. The van der Waals surface area contributed by atoms with E-state index in [4.69, 9.17) is 39.6 Å². The van der Waals surface area contributed by atoms with Gasteiger partial charge in [0.25, 0.3) is 0 Å². The predicted molar refractivity (Wildman–Crippen MR) is 164 cm³/mol. The van der Waals surface area contributed by atoms with E-state index in [1.54, 1.807) is 0 Å². The topological polar surface area (TPSA) is 39.4 Å². The van der Waals surface area contributed by atoms with E-state index in [1.165, 1.54) is 46.4 Å². The molecule has 4 rings (SSSR count). The van der Waals surface area contributed by atoms with Crippen LogP contribution >= 0.6 is 44.9 Å². The largest absolute Gasteiger partial charge is 0.577 e. The number of benzene rings is 4. The molecule has 36 heavy (non-hydrogen) atoms. The Hall–Kier alpha value is -1.17. The SMILES string of the molecule is [Cl][Ru]([Cl])[Cl].[N-]=O.c1ccc([PH+](CCCC[PH+](c2ccccc2)c2ccccc2)c2ccccc2)cc1. The Balaban J connectivity index is 0.000000694. The fourth-order valence-corrected chi connectivity index (χ4v) is 9.48. The number of nitroso groups, excluding NO2 is 1. The second kappa shape index (κ2) is 19.0. The molecule has 0 N–H and O–H groups in total. The zero-order valence-electron chi connectivity index (χ0n) is 19.7. The maximum atomic E-state index is 7.25. The molecular weight excluding hydrogens is 636 g/mol. The molecule has 191 valence electrons. The van der Waals surface area contributed by atoms with Crippen LogP contribution in [0.1, 0.15) is 12.8 Å². The molecule has 8 heteroatoms. The van der Waals surface area contributed by atoms with Crippen LogP contribution in [0.2, 0.25) is 0 Å². The Bertz CT molecular complexity index is 914. The monoisotopic (exact) mass is 665 g/mol. The number of unbranched alkanes of at least 4 members (excludes halogenated alkanes) is 1. The summed E-state index contributed by atoms with van der Waals surface area (Å²) < 4.78 is 0. The fourth-order valence-electron chi connectivity index (χ4n) is 4.07. The van der Waals surface area contributed by atoms with Gasteiger partial charge >= 0.3 is 42.1 Å². The molecule has 0 aliphatic heterocycles. The van der Waals surface area contributed by atoms with Crippen LogP contribution < -0.4 is 21.2 Å². The number of hydrogen-bond donors (Lipinski definition) is 0. The van der Waals surface area contributed by atoms with Crippen molar-refractivity contribution >= 4 is 66.1 Å². The summed E-state index contributed by atoms with van der Waals surface area (Å²) in [4.78, 5) is 7.25. The second-order valence-corrected chi connectivity index (χ2v) is 20.9. The molecule has 0 heterocycles. The zero-order valence-corrected chi connectivity index (χ0v) is 25.7. The van der Waals surface area contributed by atoms with E-state index in [9.17, 15) is 0 Å². The first-order chi connectivity index (χ1) is 17.6. The minimum absolute atomic E-state index is 0.714. The molecule has 4 aromatic rings. The van der Waals surface area contributed by atoms with E-state index >= 15 is 0 Å². The summed E-state index contributed by atoms with van der Waals surface area (Å²) in [5.41, 5.74) is 5.75. The van der Waals surface area contributed by atoms with E-state index in [-0.39, 0.29) is 0 Å². The van der Waals surface area contributed by atoms with Crippen molar-refractivity contribution in [2.75, 3.05) is 12.3 Å². The Labute approximate surface area is 234 Å². The zero-order chi connectivity index (χ0) is 26.0. The third-order valence-corrected chi connectivity index (χ3v) is 11.4. The molecular formula is C28H30Cl3NOP2Ru+. The predicted octanol–water partition coefficient (Wildman–Crippen LogP) is 7.89. The van der Waals surface area contributed by atoms with E-state index in [2.05, 4.69) is 121 Å². The Kier molecular flexibility index (Phi) is 16.4. The normalized spacial score (nSPS) is 10.6. The molecule has 0 saturated carbocycles. The van der Waals surface area contributed by atoms with Gasteiger partial charge in [-0.2, -0.15) is 0 Å². The Morgan fingerprint density at radius 1 is 0.472 bits per heavy atom. The van der Waals surface area contributed by atoms with Gasteiger partial charge in [0.1, 0.15) is 0 Å². The van der Waals surface area contributed by atoms with Gasteiger partial charge in [-0.1, -0.05) is 72.8 Å². The molecule has 0 aromatic heterocycles. The van der Waals surface area contributed by atoms with Gasteiger partial charge in [0.05, 0.1) is 49.4 Å². The van der Waals surface area contributed by atoms with E-state index < -0.39 is 28.8 Å². The molecule has 0 bridgehead atoms. The molecule has 4 aromatic carbocycles. The van der Waals surface area contributed by atoms with Crippen molar-refractivity contribution in [3.8, 4) is 0 Å². The van der Waals surface area contributed by atoms with Gasteiger partial charge in [0.15, 0.2) is 0 Å². The van der Waals surface area contributed by atoms with Crippen molar-refractivity contribution in [1.82, 2.24) is 0 Å². The molecule has 2 nitrogen and oxygen atoms in total. The van der Waals surface area contributed by atoms with Crippen LogP contribution in [0.3, 0.4) is 0 Å². The van der Waals surface area contributed by atoms with Crippen molar-refractivity contribution in [3.05, 3.63) is 132 Å². The number of nitrogens with zero attached hydrogens (tertiary/aromatic N) is 1. The first-order valence-electron chi connectivity index (χ1n) is 11.4. The van der Waals surface area contributed by atoms with Crippen molar-refractivity contribution in [2.24, 2.45) is 0 Å². The quantitative estimate of drug-likeness (QED) is 0.102. The Morgan fingerprint density at radius 2 is 0.667 bits per heavy atom. The smallest absolute Gasteiger partial charge is 0.0966 e. The molecule has 0 saturated heterocycles. The Morgan fingerprint density at radius 3 is 0.861 bits per heavy atom. The molecule has 0 amide bonds. The molecule has 0 atom stereocenters. The fraction of sp³-hybridized carbons (Fsp3) is 0.143. The van der Waals surface area contributed by atoms with Gasteiger partial charge in [-0.15, -0.1) is 0 Å². The number of rotatable bonds is 9. The van der Waals surface area contributed by atoms with Gasteiger partial charge in [-0.3, -0.25) is 0 Å². The van der Waals surface area contributed by atoms with Gasteiger partial charge in [0.2, 0.25) is 0 Å². The second-order valence-electron chi connectivity index (χ2n) is 7.78. The van der Waals surface area contributed by atoms with E-state index in [0.717, 1.165) is 0 Å². The summed E-state index contributed by atoms with van der Waals surface area (Å²) in [7, 11) is 13.4. The van der Waals surface area contributed by atoms with Crippen molar-refractivity contribution < 1.29 is 13.0 Å². The third-order valence-electron chi connectivity index (χ3n) is 5.59. The van der Waals surface area contributed by atoms with Crippen LogP contribution in [0.4, 0.5) is 0 Å². The maximum Gasteiger partial charge on any atom is 0.0966 e.